The van der Waals surface area contributed by atoms with E-state index in [0.717, 1.165) is 33.4 Å². The van der Waals surface area contributed by atoms with Crippen molar-refractivity contribution in [2.45, 2.75) is 24.3 Å². The number of hydrogen-bond acceptors (Lipinski definition) is 2. The second kappa shape index (κ2) is 11.2. The van der Waals surface area contributed by atoms with Crippen LogP contribution in [0.1, 0.15) is 43.9 Å². The van der Waals surface area contributed by atoms with Gasteiger partial charge in [0.15, 0.2) is 9.84 Å². The van der Waals surface area contributed by atoms with Gasteiger partial charge in [-0.25, -0.2) is 8.42 Å². The Hall–Kier alpha value is -3.69. The summed E-state index contributed by atoms with van der Waals surface area (Å²) in [7, 11) is -3.72. The van der Waals surface area contributed by atoms with Crippen LogP contribution < -0.4 is 0 Å². The van der Waals surface area contributed by atoms with Crippen molar-refractivity contribution in [3.63, 3.8) is 0 Å². The Labute approximate surface area is 209 Å². The van der Waals surface area contributed by atoms with Gasteiger partial charge in [-0.15, -0.1) is 0 Å². The molecule has 4 aromatic rings. The molecule has 0 heterocycles. The molecule has 2 atom stereocenters. The van der Waals surface area contributed by atoms with Crippen molar-refractivity contribution < 1.29 is 8.42 Å². The first kappa shape index (κ1) is 24.4. The molecule has 4 rings (SSSR count). The molecular weight excluding hydrogens is 448 g/mol. The Bertz CT molecular complexity index is 1310. The van der Waals surface area contributed by atoms with Crippen molar-refractivity contribution >= 4 is 22.0 Å². The van der Waals surface area contributed by atoms with E-state index in [1.54, 1.807) is 0 Å². The summed E-state index contributed by atoms with van der Waals surface area (Å²) in [6, 6.07) is 35.2. The van der Waals surface area contributed by atoms with Crippen LogP contribution in [0.25, 0.3) is 12.2 Å². The number of hydrogen-bond donors (Lipinski definition) is 0. The van der Waals surface area contributed by atoms with Gasteiger partial charge in [0, 0.05) is 0 Å². The maximum Gasteiger partial charge on any atom is 0.171 e. The maximum atomic E-state index is 14.4. The highest BCUT2D eigenvalue weighted by molar-refractivity contribution is 7.92. The first-order valence-corrected chi connectivity index (χ1v) is 13.4. The molecule has 2 nitrogen and oxygen atoms in total. The van der Waals surface area contributed by atoms with E-state index in [0.29, 0.717) is 0 Å². The molecular formula is C32H30O2S. The monoisotopic (exact) mass is 478 g/mol. The van der Waals surface area contributed by atoms with Crippen LogP contribution in [0.3, 0.4) is 0 Å². The molecule has 0 amide bonds. The minimum absolute atomic E-state index is 0.767. The molecule has 4 aromatic carbocycles. The van der Waals surface area contributed by atoms with Gasteiger partial charge in [-0.05, 0) is 36.1 Å². The molecule has 0 N–H and O–H groups in total. The molecule has 0 bridgehead atoms. The fourth-order valence-electron chi connectivity index (χ4n) is 4.20. The van der Waals surface area contributed by atoms with E-state index >= 15 is 0 Å². The van der Waals surface area contributed by atoms with E-state index < -0.39 is 20.3 Å². The summed E-state index contributed by atoms with van der Waals surface area (Å²) in [4.78, 5) is 0. The molecule has 0 spiro atoms. The summed E-state index contributed by atoms with van der Waals surface area (Å²) >= 11 is 0. The van der Waals surface area contributed by atoms with Crippen LogP contribution >= 0.6 is 0 Å². The molecule has 35 heavy (non-hydrogen) atoms. The Kier molecular flexibility index (Phi) is 7.79. The highest BCUT2D eigenvalue weighted by Crippen LogP contribution is 2.37. The van der Waals surface area contributed by atoms with Crippen molar-refractivity contribution in [2.24, 2.45) is 0 Å². The third kappa shape index (κ3) is 6.26. The first-order valence-electron chi connectivity index (χ1n) is 11.8. The largest absolute Gasteiger partial charge is 0.227 e. The lowest BCUT2D eigenvalue weighted by molar-refractivity contribution is 0.584. The quantitative estimate of drug-likeness (QED) is 0.258. The Balaban J connectivity index is 1.84. The third-order valence-corrected chi connectivity index (χ3v) is 8.25. The second-order valence-electron chi connectivity index (χ2n) is 8.80. The van der Waals surface area contributed by atoms with Gasteiger partial charge >= 0.3 is 0 Å². The van der Waals surface area contributed by atoms with Crippen molar-refractivity contribution in [3.05, 3.63) is 155 Å². The zero-order chi connectivity index (χ0) is 24.7. The van der Waals surface area contributed by atoms with Gasteiger partial charge in [-0.3, -0.25) is 0 Å². The lowest BCUT2D eigenvalue weighted by Gasteiger charge is -2.22. The van der Waals surface area contributed by atoms with Gasteiger partial charge in [0.1, 0.15) is 10.5 Å². The smallest absolute Gasteiger partial charge is 0.171 e. The van der Waals surface area contributed by atoms with Gasteiger partial charge < -0.3 is 0 Å². The number of aryl methyl sites for hydroxylation is 2. The van der Waals surface area contributed by atoms with Crippen molar-refractivity contribution in [1.82, 2.24) is 0 Å². The summed E-state index contributed by atoms with van der Waals surface area (Å²) in [6.45, 7) is 3.98. The van der Waals surface area contributed by atoms with Crippen LogP contribution in [0.2, 0.25) is 0 Å². The SMILES string of the molecule is Cc1cccc(C(C=Cc2ccccc2)S(=O)(=O)C(C=Cc2ccccc2)c2cccc(C)c2)c1. The van der Waals surface area contributed by atoms with E-state index in [2.05, 4.69) is 0 Å². The Morgan fingerprint density at radius 3 is 1.31 bits per heavy atom. The van der Waals surface area contributed by atoms with E-state index in [4.69, 9.17) is 0 Å². The van der Waals surface area contributed by atoms with Gasteiger partial charge in [0.05, 0.1) is 0 Å². The lowest BCUT2D eigenvalue weighted by Crippen LogP contribution is -2.19. The predicted octanol–water partition coefficient (Wildman–Crippen LogP) is 7.93. The molecule has 0 aromatic heterocycles. The zero-order valence-corrected chi connectivity index (χ0v) is 20.9. The Morgan fingerprint density at radius 1 is 0.543 bits per heavy atom. The van der Waals surface area contributed by atoms with Crippen molar-refractivity contribution in [2.75, 3.05) is 0 Å². The van der Waals surface area contributed by atoms with Crippen LogP contribution in [0.4, 0.5) is 0 Å². The third-order valence-electron chi connectivity index (χ3n) is 5.98. The fraction of sp³-hybridized carbons (Fsp3) is 0.125. The van der Waals surface area contributed by atoms with Crippen molar-refractivity contribution in [3.8, 4) is 0 Å². The first-order chi connectivity index (χ1) is 16.9. The van der Waals surface area contributed by atoms with Gasteiger partial charge in [-0.1, -0.05) is 145 Å². The molecule has 176 valence electrons. The standard InChI is InChI=1S/C32H30O2S/c1-25-11-9-17-29(23-25)31(21-19-27-13-5-3-6-14-27)35(33,34)32(30-18-10-12-26(2)24-30)22-20-28-15-7-4-8-16-28/h3-24,31-32H,1-2H3. The predicted molar refractivity (Wildman–Crippen MR) is 148 cm³/mol. The zero-order valence-electron chi connectivity index (χ0n) is 20.1. The van der Waals surface area contributed by atoms with Crippen LogP contribution in [0.15, 0.2) is 121 Å². The van der Waals surface area contributed by atoms with E-state index in [1.807, 2.05) is 147 Å². The summed E-state index contributed by atoms with van der Waals surface area (Å²) < 4.78 is 28.8. The molecule has 0 saturated carbocycles. The molecule has 0 aliphatic heterocycles. The summed E-state index contributed by atoms with van der Waals surface area (Å²) in [6.07, 6.45) is 7.44. The normalized spacial score (nSPS) is 13.8. The Morgan fingerprint density at radius 2 is 0.943 bits per heavy atom. The van der Waals surface area contributed by atoms with Crippen LogP contribution in [-0.4, -0.2) is 8.42 Å². The molecule has 0 radical (unpaired) electrons. The number of benzene rings is 4. The molecule has 0 aliphatic rings. The van der Waals surface area contributed by atoms with Gasteiger partial charge in [0.25, 0.3) is 0 Å². The molecule has 0 saturated heterocycles. The number of sulfone groups is 1. The van der Waals surface area contributed by atoms with Crippen molar-refractivity contribution in [1.29, 1.82) is 0 Å². The highest BCUT2D eigenvalue weighted by atomic mass is 32.2. The molecule has 2 unspecified atom stereocenters. The van der Waals surface area contributed by atoms with Gasteiger partial charge in [0.2, 0.25) is 0 Å². The topological polar surface area (TPSA) is 34.1 Å². The molecule has 0 fully saturated rings. The lowest BCUT2D eigenvalue weighted by atomic mass is 10.1. The molecule has 0 aliphatic carbocycles. The van der Waals surface area contributed by atoms with E-state index in [9.17, 15) is 8.42 Å². The minimum atomic E-state index is -3.72. The summed E-state index contributed by atoms with van der Waals surface area (Å²) in [5.41, 5.74) is 5.52. The highest BCUT2D eigenvalue weighted by Gasteiger charge is 2.33. The average Bonchev–Trinajstić information content (AvgIpc) is 2.85. The van der Waals surface area contributed by atoms with E-state index in [1.165, 1.54) is 0 Å². The average molecular weight is 479 g/mol. The summed E-state index contributed by atoms with van der Waals surface area (Å²) in [5, 5.41) is -1.60. The summed E-state index contributed by atoms with van der Waals surface area (Å²) in [5.74, 6) is 0. The van der Waals surface area contributed by atoms with Crippen LogP contribution in [0, 0.1) is 13.8 Å². The molecule has 3 heteroatoms. The number of rotatable bonds is 8. The van der Waals surface area contributed by atoms with Crippen LogP contribution in [0.5, 0.6) is 0 Å². The van der Waals surface area contributed by atoms with Gasteiger partial charge in [-0.2, -0.15) is 0 Å². The maximum absolute atomic E-state index is 14.4. The van der Waals surface area contributed by atoms with Crippen LogP contribution in [-0.2, 0) is 9.84 Å². The minimum Gasteiger partial charge on any atom is -0.227 e. The van der Waals surface area contributed by atoms with E-state index in [-0.39, 0.29) is 0 Å². The second-order valence-corrected chi connectivity index (χ2v) is 11.0. The fourth-order valence-corrected chi connectivity index (χ4v) is 6.16.